The number of methoxy groups -OCH3 is 1. The molecule has 3 aromatic heterocycles. The lowest BCUT2D eigenvalue weighted by atomic mass is 9.98. The second kappa shape index (κ2) is 9.56. The summed E-state index contributed by atoms with van der Waals surface area (Å²) in [5.41, 5.74) is 1.54. The first-order chi connectivity index (χ1) is 15.5. The van der Waals surface area contributed by atoms with E-state index in [9.17, 15) is 4.79 Å². The van der Waals surface area contributed by atoms with E-state index in [1.54, 1.807) is 19.9 Å². The van der Waals surface area contributed by atoms with Gasteiger partial charge in [-0.3, -0.25) is 20.1 Å². The third-order valence-corrected chi connectivity index (χ3v) is 6.11. The highest BCUT2D eigenvalue weighted by Gasteiger charge is 2.23. The summed E-state index contributed by atoms with van der Waals surface area (Å²) < 4.78 is 26.2. The summed E-state index contributed by atoms with van der Waals surface area (Å²) in [6.45, 7) is 3.32. The van der Waals surface area contributed by atoms with E-state index < -0.39 is 11.7 Å². The first-order valence-electron chi connectivity index (χ1n) is 10.4. The van der Waals surface area contributed by atoms with Crippen LogP contribution in [0.1, 0.15) is 53.8 Å². The zero-order valence-corrected chi connectivity index (χ0v) is 19.0. The van der Waals surface area contributed by atoms with Crippen LogP contribution in [-0.2, 0) is 0 Å². The summed E-state index contributed by atoms with van der Waals surface area (Å²) in [7, 11) is 1.43. The minimum Gasteiger partial charge on any atom is -0.494 e. The molecular weight excluding hydrogens is 433 g/mol. The van der Waals surface area contributed by atoms with Gasteiger partial charge in [0.2, 0.25) is 5.13 Å². The molecule has 32 heavy (non-hydrogen) atoms. The number of ether oxygens (including phenoxy) is 2. The van der Waals surface area contributed by atoms with Gasteiger partial charge in [-0.25, -0.2) is 4.39 Å². The maximum Gasteiger partial charge on any atom is 0.296 e. The molecule has 1 N–H and O–H groups in total. The second-order valence-corrected chi connectivity index (χ2v) is 8.62. The fourth-order valence-corrected chi connectivity index (χ4v) is 4.37. The fraction of sp³-hybridized carbons (Fsp3) is 0.409. The van der Waals surface area contributed by atoms with Crippen LogP contribution in [0.15, 0.2) is 18.5 Å². The minimum atomic E-state index is -0.553. The Balaban J connectivity index is 1.60. The topological polar surface area (TPSA) is 99.1 Å². The molecule has 0 aromatic carbocycles. The molecule has 0 atom stereocenters. The molecule has 4 rings (SSSR count). The molecule has 0 spiro atoms. The summed E-state index contributed by atoms with van der Waals surface area (Å²) >= 11 is 1.16. The number of anilines is 1. The van der Waals surface area contributed by atoms with Gasteiger partial charge in [0.1, 0.15) is 11.9 Å². The average Bonchev–Trinajstić information content (AvgIpc) is 3.22. The van der Waals surface area contributed by atoms with E-state index in [1.165, 1.54) is 25.9 Å². The summed E-state index contributed by atoms with van der Waals surface area (Å²) in [5, 5.41) is 11.5. The normalized spacial score (nSPS) is 14.2. The molecule has 0 radical (unpaired) electrons. The average molecular weight is 458 g/mol. The van der Waals surface area contributed by atoms with Gasteiger partial charge in [-0.1, -0.05) is 11.5 Å². The number of halogens is 1. The highest BCUT2D eigenvalue weighted by atomic mass is 32.1. The van der Waals surface area contributed by atoms with Crippen LogP contribution in [0, 0.1) is 19.7 Å². The summed E-state index contributed by atoms with van der Waals surface area (Å²) in [5.74, 6) is -0.807. The Kier molecular flexibility index (Phi) is 6.59. The number of pyridine rings is 2. The standard InChI is InChI=1S/C22H24FN5O3S/c1-12-9-15(18-17(30-3)11-25-13(2)19(18)23)16(10-24-12)20(29)26-21-27-28-22(32-21)31-14-7-5-4-6-8-14/h9-11,14H,4-8H2,1-3H3,(H,26,27,29). The predicted molar refractivity (Wildman–Crippen MR) is 119 cm³/mol. The van der Waals surface area contributed by atoms with Gasteiger partial charge in [-0.2, -0.15) is 0 Å². The smallest absolute Gasteiger partial charge is 0.296 e. The van der Waals surface area contributed by atoms with Crippen LogP contribution in [-0.4, -0.2) is 39.3 Å². The van der Waals surface area contributed by atoms with E-state index >= 15 is 4.39 Å². The Morgan fingerprint density at radius 2 is 1.94 bits per heavy atom. The lowest BCUT2D eigenvalue weighted by molar-refractivity contribution is 0.102. The number of nitrogens with zero attached hydrogens (tertiary/aromatic N) is 4. The zero-order chi connectivity index (χ0) is 22.7. The fourth-order valence-electron chi connectivity index (χ4n) is 3.72. The van der Waals surface area contributed by atoms with Gasteiger partial charge in [0.15, 0.2) is 5.82 Å². The number of rotatable bonds is 6. The number of amides is 1. The molecule has 3 aromatic rings. The van der Waals surface area contributed by atoms with E-state index in [-0.39, 0.29) is 28.7 Å². The predicted octanol–water partition coefficient (Wildman–Crippen LogP) is 4.72. The molecule has 1 saturated carbocycles. The van der Waals surface area contributed by atoms with Crippen molar-refractivity contribution in [2.24, 2.45) is 0 Å². The third kappa shape index (κ3) is 4.69. The first kappa shape index (κ1) is 22.1. The Hall–Kier alpha value is -3.14. The van der Waals surface area contributed by atoms with Gasteiger partial charge in [0, 0.05) is 17.5 Å². The van der Waals surface area contributed by atoms with E-state index in [1.807, 2.05) is 0 Å². The van der Waals surface area contributed by atoms with Crippen molar-refractivity contribution in [3.05, 3.63) is 41.2 Å². The van der Waals surface area contributed by atoms with Gasteiger partial charge in [0.25, 0.3) is 11.1 Å². The zero-order valence-electron chi connectivity index (χ0n) is 18.1. The SMILES string of the molecule is COc1cnc(C)c(F)c1-c1cc(C)ncc1C(=O)Nc1nnc(OC2CCCCC2)s1. The Bertz CT molecular complexity index is 1130. The molecule has 10 heteroatoms. The van der Waals surface area contributed by atoms with Gasteiger partial charge < -0.3 is 9.47 Å². The number of carbonyl (C=O) groups is 1. The van der Waals surface area contributed by atoms with Gasteiger partial charge >= 0.3 is 0 Å². The molecule has 0 unspecified atom stereocenters. The van der Waals surface area contributed by atoms with E-state index in [0.29, 0.717) is 21.6 Å². The molecule has 1 aliphatic carbocycles. The van der Waals surface area contributed by atoms with Crippen molar-refractivity contribution in [2.45, 2.75) is 52.1 Å². The third-order valence-electron chi connectivity index (χ3n) is 5.38. The molecule has 3 heterocycles. The monoisotopic (exact) mass is 457 g/mol. The Morgan fingerprint density at radius 3 is 2.69 bits per heavy atom. The minimum absolute atomic E-state index is 0.138. The highest BCUT2D eigenvalue weighted by molar-refractivity contribution is 7.17. The molecule has 8 nitrogen and oxygen atoms in total. The van der Waals surface area contributed by atoms with Crippen LogP contribution in [0.5, 0.6) is 10.9 Å². The van der Waals surface area contributed by atoms with Gasteiger partial charge in [-0.05, 0) is 56.9 Å². The van der Waals surface area contributed by atoms with Crippen LogP contribution >= 0.6 is 11.3 Å². The molecule has 0 saturated heterocycles. The van der Waals surface area contributed by atoms with Crippen molar-refractivity contribution < 1.29 is 18.7 Å². The van der Waals surface area contributed by atoms with Crippen molar-refractivity contribution in [3.63, 3.8) is 0 Å². The van der Waals surface area contributed by atoms with Crippen LogP contribution < -0.4 is 14.8 Å². The highest BCUT2D eigenvalue weighted by Crippen LogP contribution is 2.36. The second-order valence-electron chi connectivity index (χ2n) is 7.68. The number of carbonyl (C=O) groups excluding carboxylic acids is 1. The molecule has 0 bridgehead atoms. The number of aryl methyl sites for hydroxylation is 2. The maximum absolute atomic E-state index is 15.0. The van der Waals surface area contributed by atoms with Crippen LogP contribution in [0.3, 0.4) is 0 Å². The van der Waals surface area contributed by atoms with Gasteiger partial charge in [-0.15, -0.1) is 5.10 Å². The first-order valence-corrected chi connectivity index (χ1v) is 11.3. The van der Waals surface area contributed by atoms with Gasteiger partial charge in [0.05, 0.1) is 30.1 Å². The maximum atomic E-state index is 15.0. The Morgan fingerprint density at radius 1 is 1.16 bits per heavy atom. The van der Waals surface area contributed by atoms with E-state index in [0.717, 1.165) is 37.0 Å². The Labute approximate surface area is 189 Å². The van der Waals surface area contributed by atoms with Crippen LogP contribution in [0.4, 0.5) is 9.52 Å². The lowest BCUT2D eigenvalue weighted by Gasteiger charge is -2.20. The number of aromatic nitrogens is 4. The number of hydrogen-bond donors (Lipinski definition) is 1. The lowest BCUT2D eigenvalue weighted by Crippen LogP contribution is -2.19. The van der Waals surface area contributed by atoms with Crippen molar-refractivity contribution in [2.75, 3.05) is 12.4 Å². The molecular formula is C22H24FN5O3S. The van der Waals surface area contributed by atoms with Crippen molar-refractivity contribution in [1.82, 2.24) is 20.2 Å². The molecule has 1 aliphatic rings. The molecule has 1 fully saturated rings. The summed E-state index contributed by atoms with van der Waals surface area (Å²) in [4.78, 5) is 21.3. The van der Waals surface area contributed by atoms with E-state index in [2.05, 4.69) is 25.5 Å². The van der Waals surface area contributed by atoms with Crippen LogP contribution in [0.25, 0.3) is 11.1 Å². The van der Waals surface area contributed by atoms with Crippen molar-refractivity contribution in [3.8, 4) is 22.1 Å². The molecule has 1 amide bonds. The summed E-state index contributed by atoms with van der Waals surface area (Å²) in [6, 6.07) is 1.65. The summed E-state index contributed by atoms with van der Waals surface area (Å²) in [6.07, 6.45) is 8.50. The van der Waals surface area contributed by atoms with Crippen molar-refractivity contribution >= 4 is 22.4 Å². The quantitative estimate of drug-likeness (QED) is 0.572. The van der Waals surface area contributed by atoms with E-state index in [4.69, 9.17) is 9.47 Å². The largest absolute Gasteiger partial charge is 0.494 e. The number of nitrogens with one attached hydrogen (secondary N) is 1. The number of hydrogen-bond acceptors (Lipinski definition) is 8. The molecule has 168 valence electrons. The molecule has 0 aliphatic heterocycles. The van der Waals surface area contributed by atoms with Crippen molar-refractivity contribution in [1.29, 1.82) is 0 Å². The van der Waals surface area contributed by atoms with Crippen LogP contribution in [0.2, 0.25) is 0 Å².